The molecule has 1 heterocycles. The summed E-state index contributed by atoms with van der Waals surface area (Å²) in [6.45, 7) is 5.88. The number of amides is 1. The van der Waals surface area contributed by atoms with Crippen molar-refractivity contribution < 1.29 is 9.53 Å². The van der Waals surface area contributed by atoms with Gasteiger partial charge in [-0.2, -0.15) is 0 Å². The van der Waals surface area contributed by atoms with Gasteiger partial charge in [0.25, 0.3) is 0 Å². The second-order valence-electron chi connectivity index (χ2n) is 7.26. The number of para-hydroxylation sites is 2. The maximum Gasteiger partial charge on any atom is 0.230 e. The van der Waals surface area contributed by atoms with E-state index in [4.69, 9.17) is 4.74 Å². The smallest absolute Gasteiger partial charge is 0.230 e. The fourth-order valence-electron chi connectivity index (χ4n) is 2.76. The Labute approximate surface area is 169 Å². The summed E-state index contributed by atoms with van der Waals surface area (Å²) in [6, 6.07) is 17.5. The number of aromatic nitrogens is 3. The van der Waals surface area contributed by atoms with Gasteiger partial charge in [-0.15, -0.1) is 10.2 Å². The highest BCUT2D eigenvalue weighted by atomic mass is 32.2. The Kier molecular flexibility index (Phi) is 6.04. The van der Waals surface area contributed by atoms with Gasteiger partial charge in [0, 0.05) is 11.2 Å². The van der Waals surface area contributed by atoms with E-state index < -0.39 is 0 Å². The first-order valence-electron chi connectivity index (χ1n) is 8.97. The van der Waals surface area contributed by atoms with Crippen molar-refractivity contribution in [2.24, 2.45) is 0 Å². The number of rotatable bonds is 6. The largest absolute Gasteiger partial charge is 0.496 e. The molecule has 0 unspecified atom stereocenters. The highest BCUT2D eigenvalue weighted by Crippen LogP contribution is 2.33. The van der Waals surface area contributed by atoms with Crippen molar-refractivity contribution in [3.05, 3.63) is 54.6 Å². The van der Waals surface area contributed by atoms with Crippen molar-refractivity contribution in [3.63, 3.8) is 0 Å². The Balaban J connectivity index is 1.98. The van der Waals surface area contributed by atoms with Crippen molar-refractivity contribution in [2.45, 2.75) is 31.5 Å². The van der Waals surface area contributed by atoms with Crippen LogP contribution >= 0.6 is 11.8 Å². The molecule has 1 amide bonds. The van der Waals surface area contributed by atoms with Gasteiger partial charge in [-0.1, -0.05) is 42.1 Å². The van der Waals surface area contributed by atoms with Gasteiger partial charge in [0.1, 0.15) is 5.75 Å². The average molecular weight is 397 g/mol. The topological polar surface area (TPSA) is 69.0 Å². The molecule has 3 rings (SSSR count). The van der Waals surface area contributed by atoms with Crippen LogP contribution in [0.5, 0.6) is 5.75 Å². The monoisotopic (exact) mass is 396 g/mol. The molecule has 0 saturated heterocycles. The van der Waals surface area contributed by atoms with Crippen molar-refractivity contribution >= 4 is 17.7 Å². The molecule has 1 N–H and O–H groups in total. The number of carbonyl (C=O) groups excluding carboxylic acids is 1. The van der Waals surface area contributed by atoms with E-state index in [0.717, 1.165) is 11.3 Å². The Hall–Kier alpha value is -2.80. The van der Waals surface area contributed by atoms with Crippen LogP contribution in [-0.4, -0.2) is 39.1 Å². The van der Waals surface area contributed by atoms with Crippen LogP contribution in [0.15, 0.2) is 59.8 Å². The number of ether oxygens (including phenoxy) is 1. The predicted octanol–water partition coefficient (Wildman–Crippen LogP) is 3.95. The van der Waals surface area contributed by atoms with E-state index in [1.54, 1.807) is 7.11 Å². The van der Waals surface area contributed by atoms with Gasteiger partial charge in [0.15, 0.2) is 11.0 Å². The van der Waals surface area contributed by atoms with Gasteiger partial charge in [-0.05, 0) is 45.0 Å². The summed E-state index contributed by atoms with van der Waals surface area (Å²) in [6.07, 6.45) is 0. The van der Waals surface area contributed by atoms with Crippen LogP contribution in [0.1, 0.15) is 20.8 Å². The second kappa shape index (κ2) is 8.48. The Morgan fingerprint density at radius 2 is 1.75 bits per heavy atom. The first-order chi connectivity index (χ1) is 13.4. The van der Waals surface area contributed by atoms with E-state index in [2.05, 4.69) is 15.5 Å². The molecule has 2 aromatic carbocycles. The van der Waals surface area contributed by atoms with Crippen molar-refractivity contribution in [3.8, 4) is 22.8 Å². The van der Waals surface area contributed by atoms with Crippen LogP contribution in [0.3, 0.4) is 0 Å². The maximum absolute atomic E-state index is 12.2. The third-order valence-corrected chi connectivity index (χ3v) is 4.77. The lowest BCUT2D eigenvalue weighted by atomic mass is 10.1. The minimum Gasteiger partial charge on any atom is -0.496 e. The minimum absolute atomic E-state index is 0.0426. The van der Waals surface area contributed by atoms with E-state index in [0.29, 0.717) is 16.7 Å². The zero-order valence-electron chi connectivity index (χ0n) is 16.5. The van der Waals surface area contributed by atoms with Crippen molar-refractivity contribution in [2.75, 3.05) is 12.9 Å². The molecule has 0 radical (unpaired) electrons. The third-order valence-electron chi connectivity index (χ3n) is 3.84. The van der Waals surface area contributed by atoms with Gasteiger partial charge in [-0.3, -0.25) is 9.36 Å². The van der Waals surface area contributed by atoms with Crippen molar-refractivity contribution in [1.29, 1.82) is 0 Å². The molecular formula is C21H24N4O2S. The molecule has 6 nitrogen and oxygen atoms in total. The zero-order valence-corrected chi connectivity index (χ0v) is 17.3. The Morgan fingerprint density at radius 1 is 1.07 bits per heavy atom. The van der Waals surface area contributed by atoms with Gasteiger partial charge < -0.3 is 10.1 Å². The number of thioether (sulfide) groups is 1. The number of methoxy groups -OCH3 is 1. The Bertz CT molecular complexity index is 949. The molecule has 0 bridgehead atoms. The van der Waals surface area contributed by atoms with Crippen LogP contribution < -0.4 is 10.1 Å². The molecule has 28 heavy (non-hydrogen) atoms. The molecule has 1 aromatic heterocycles. The lowest BCUT2D eigenvalue weighted by Crippen LogP contribution is -2.41. The summed E-state index contributed by atoms with van der Waals surface area (Å²) in [7, 11) is 1.63. The molecule has 3 aromatic rings. The molecule has 0 atom stereocenters. The molecule has 0 aliphatic rings. The van der Waals surface area contributed by atoms with E-state index in [9.17, 15) is 4.79 Å². The standard InChI is InChI=1S/C21H24N4O2S/c1-21(2,3)22-18(26)14-28-20-24-23-19(16-12-8-9-13-17(16)27-4)25(20)15-10-6-5-7-11-15/h5-13H,14H2,1-4H3,(H,22,26). The molecule has 0 saturated carbocycles. The summed E-state index contributed by atoms with van der Waals surface area (Å²) in [5.74, 6) is 1.60. The number of hydrogen-bond acceptors (Lipinski definition) is 5. The molecular weight excluding hydrogens is 372 g/mol. The van der Waals surface area contributed by atoms with Crippen LogP contribution in [0, 0.1) is 0 Å². The quantitative estimate of drug-likeness (QED) is 0.639. The van der Waals surface area contributed by atoms with Gasteiger partial charge >= 0.3 is 0 Å². The van der Waals surface area contributed by atoms with Gasteiger partial charge in [-0.25, -0.2) is 0 Å². The van der Waals surface area contributed by atoms with E-state index >= 15 is 0 Å². The molecule has 0 spiro atoms. The highest BCUT2D eigenvalue weighted by Gasteiger charge is 2.20. The van der Waals surface area contributed by atoms with Crippen LogP contribution in [-0.2, 0) is 4.79 Å². The van der Waals surface area contributed by atoms with Crippen LogP contribution in [0.4, 0.5) is 0 Å². The molecule has 146 valence electrons. The lowest BCUT2D eigenvalue weighted by molar-refractivity contribution is -0.119. The first-order valence-corrected chi connectivity index (χ1v) is 9.95. The highest BCUT2D eigenvalue weighted by molar-refractivity contribution is 7.99. The number of hydrogen-bond donors (Lipinski definition) is 1. The van der Waals surface area contributed by atoms with Crippen molar-refractivity contribution in [1.82, 2.24) is 20.1 Å². The number of carbonyl (C=O) groups is 1. The van der Waals surface area contributed by atoms with E-state index in [1.165, 1.54) is 11.8 Å². The molecule has 0 fully saturated rings. The summed E-state index contributed by atoms with van der Waals surface area (Å²) in [5, 5.41) is 12.4. The first kappa shape index (κ1) is 19.9. The minimum atomic E-state index is -0.271. The predicted molar refractivity (Wildman–Crippen MR) is 112 cm³/mol. The SMILES string of the molecule is COc1ccccc1-c1nnc(SCC(=O)NC(C)(C)C)n1-c1ccccc1. The van der Waals surface area contributed by atoms with E-state index in [-0.39, 0.29) is 17.2 Å². The summed E-state index contributed by atoms with van der Waals surface area (Å²) >= 11 is 1.36. The summed E-state index contributed by atoms with van der Waals surface area (Å²) in [5.41, 5.74) is 1.49. The fraction of sp³-hybridized carbons (Fsp3) is 0.286. The summed E-state index contributed by atoms with van der Waals surface area (Å²) < 4.78 is 7.45. The summed E-state index contributed by atoms with van der Waals surface area (Å²) in [4.78, 5) is 12.2. The van der Waals surface area contributed by atoms with Crippen LogP contribution in [0.2, 0.25) is 0 Å². The zero-order chi connectivity index (χ0) is 20.1. The molecule has 7 heteroatoms. The molecule has 0 aliphatic carbocycles. The maximum atomic E-state index is 12.2. The average Bonchev–Trinajstić information content (AvgIpc) is 3.09. The number of nitrogens with zero attached hydrogens (tertiary/aromatic N) is 3. The fourth-order valence-corrected chi connectivity index (χ4v) is 3.51. The van der Waals surface area contributed by atoms with E-state index in [1.807, 2.05) is 79.9 Å². The molecule has 0 aliphatic heterocycles. The lowest BCUT2D eigenvalue weighted by Gasteiger charge is -2.20. The Morgan fingerprint density at radius 3 is 2.43 bits per heavy atom. The van der Waals surface area contributed by atoms with Gasteiger partial charge in [0.05, 0.1) is 18.4 Å². The third kappa shape index (κ3) is 4.72. The number of nitrogens with one attached hydrogen (secondary N) is 1. The number of benzene rings is 2. The second-order valence-corrected chi connectivity index (χ2v) is 8.21. The van der Waals surface area contributed by atoms with Gasteiger partial charge in [0.2, 0.25) is 5.91 Å². The van der Waals surface area contributed by atoms with Crippen LogP contribution in [0.25, 0.3) is 17.1 Å². The normalized spacial score (nSPS) is 11.3.